The van der Waals surface area contributed by atoms with Crippen molar-refractivity contribution in [3.8, 4) is 22.6 Å². The summed E-state index contributed by atoms with van der Waals surface area (Å²) in [5, 5.41) is 10.7. The zero-order valence-corrected chi connectivity index (χ0v) is 13.3. The van der Waals surface area contributed by atoms with Gasteiger partial charge in [-0.2, -0.15) is 0 Å². The molecule has 0 radical (unpaired) electrons. The Kier molecular flexibility index (Phi) is 3.26. The average Bonchev–Trinajstić information content (AvgIpc) is 2.55. The minimum atomic E-state index is 0.171. The maximum Gasteiger partial charge on any atom is 0.135 e. The van der Waals surface area contributed by atoms with E-state index in [-0.39, 0.29) is 11.8 Å². The number of hydrogen-bond donors (Lipinski definition) is 1. The van der Waals surface area contributed by atoms with Crippen LogP contribution >= 0.6 is 0 Å². The first kappa shape index (κ1) is 14.1. The van der Waals surface area contributed by atoms with Gasteiger partial charge in [-0.1, -0.05) is 48.6 Å². The summed E-state index contributed by atoms with van der Waals surface area (Å²) in [7, 11) is 0. The van der Waals surface area contributed by atoms with Crippen LogP contribution in [0, 0.1) is 5.92 Å². The normalized spacial score (nSPS) is 22.7. The molecule has 0 bridgehead atoms. The molecule has 23 heavy (non-hydrogen) atoms. The van der Waals surface area contributed by atoms with Gasteiger partial charge in [-0.15, -0.1) is 0 Å². The number of phenolic OH excluding ortho intramolecular Hbond substituents is 1. The summed E-state index contributed by atoms with van der Waals surface area (Å²) < 4.78 is 6.00. The summed E-state index contributed by atoms with van der Waals surface area (Å²) in [6, 6.07) is 13.9. The van der Waals surface area contributed by atoms with Crippen LogP contribution in [0.2, 0.25) is 0 Å². The highest BCUT2D eigenvalue weighted by Crippen LogP contribution is 2.51. The maximum atomic E-state index is 10.7. The fourth-order valence-electron chi connectivity index (χ4n) is 3.76. The Morgan fingerprint density at radius 1 is 1.13 bits per heavy atom. The summed E-state index contributed by atoms with van der Waals surface area (Å²) in [5.41, 5.74) is 4.31. The number of hydrogen-bond acceptors (Lipinski definition) is 2. The molecule has 2 atom stereocenters. The van der Waals surface area contributed by atoms with Crippen molar-refractivity contribution in [1.29, 1.82) is 0 Å². The summed E-state index contributed by atoms with van der Waals surface area (Å²) in [6.07, 6.45) is 4.37. The topological polar surface area (TPSA) is 29.5 Å². The Hall–Kier alpha value is -2.48. The molecule has 2 nitrogen and oxygen atoms in total. The molecule has 1 aliphatic heterocycles. The van der Waals surface area contributed by atoms with Gasteiger partial charge in [0.15, 0.2) is 0 Å². The van der Waals surface area contributed by atoms with Gasteiger partial charge < -0.3 is 9.84 Å². The van der Waals surface area contributed by atoms with Crippen molar-refractivity contribution in [2.75, 3.05) is 0 Å². The standard InChI is InChI=1S/C21H20O2/c1-13-8-9-17-14(2)23-20-12-16(15-6-4-3-5-7-15)11-19(22)21(20)18(17)10-13/h3-7,10-12,17-18,22H,2,8-9H2,1H3/t17-,18?/m1/s1. The van der Waals surface area contributed by atoms with Gasteiger partial charge in [-0.05, 0) is 43.0 Å². The highest BCUT2D eigenvalue weighted by Gasteiger charge is 2.36. The minimum Gasteiger partial charge on any atom is -0.507 e. The van der Waals surface area contributed by atoms with E-state index in [0.29, 0.717) is 5.75 Å². The van der Waals surface area contributed by atoms with Gasteiger partial charge in [-0.3, -0.25) is 0 Å². The van der Waals surface area contributed by atoms with Crippen LogP contribution in [0.25, 0.3) is 11.1 Å². The molecular weight excluding hydrogens is 284 g/mol. The molecule has 2 aliphatic rings. The number of allylic oxidation sites excluding steroid dienone is 3. The molecule has 0 amide bonds. The highest BCUT2D eigenvalue weighted by atomic mass is 16.5. The molecule has 0 saturated carbocycles. The molecule has 0 fully saturated rings. The predicted molar refractivity (Wildman–Crippen MR) is 92.5 cm³/mol. The van der Waals surface area contributed by atoms with Crippen LogP contribution in [0.4, 0.5) is 0 Å². The van der Waals surface area contributed by atoms with E-state index in [4.69, 9.17) is 4.74 Å². The lowest BCUT2D eigenvalue weighted by Crippen LogP contribution is -2.25. The van der Waals surface area contributed by atoms with Crippen LogP contribution < -0.4 is 4.74 Å². The number of benzene rings is 2. The number of phenols is 1. The lowest BCUT2D eigenvalue weighted by Gasteiger charge is -2.37. The third-order valence-electron chi connectivity index (χ3n) is 4.96. The first-order valence-corrected chi connectivity index (χ1v) is 8.10. The molecule has 1 unspecified atom stereocenters. The highest BCUT2D eigenvalue weighted by molar-refractivity contribution is 5.70. The fraction of sp³-hybridized carbons (Fsp3) is 0.238. The SMILES string of the molecule is C=C1Oc2cc(-c3ccccc3)cc(O)c2C2C=C(C)CC[C@H]12. The average molecular weight is 304 g/mol. The van der Waals surface area contributed by atoms with Crippen LogP contribution in [0.15, 0.2) is 66.5 Å². The van der Waals surface area contributed by atoms with Crippen molar-refractivity contribution >= 4 is 0 Å². The van der Waals surface area contributed by atoms with Crippen molar-refractivity contribution in [2.24, 2.45) is 5.92 Å². The van der Waals surface area contributed by atoms with Gasteiger partial charge >= 0.3 is 0 Å². The van der Waals surface area contributed by atoms with Gasteiger partial charge in [0.2, 0.25) is 0 Å². The first-order chi connectivity index (χ1) is 11.1. The molecule has 1 heterocycles. The second-order valence-corrected chi connectivity index (χ2v) is 6.53. The Morgan fingerprint density at radius 3 is 2.70 bits per heavy atom. The van der Waals surface area contributed by atoms with E-state index in [2.05, 4.69) is 19.6 Å². The van der Waals surface area contributed by atoms with Crippen LogP contribution in [0.1, 0.15) is 31.2 Å². The number of fused-ring (bicyclic) bond motifs is 3. The smallest absolute Gasteiger partial charge is 0.135 e. The molecule has 2 aromatic rings. The van der Waals surface area contributed by atoms with Crippen molar-refractivity contribution in [1.82, 2.24) is 0 Å². The molecule has 4 rings (SSSR count). The Bertz CT molecular complexity index is 802. The van der Waals surface area contributed by atoms with E-state index in [1.807, 2.05) is 42.5 Å². The van der Waals surface area contributed by atoms with Crippen LogP contribution in [-0.2, 0) is 0 Å². The van der Waals surface area contributed by atoms with E-state index in [0.717, 1.165) is 41.0 Å². The van der Waals surface area contributed by atoms with Gasteiger partial charge in [0, 0.05) is 17.4 Å². The third-order valence-corrected chi connectivity index (χ3v) is 4.96. The van der Waals surface area contributed by atoms with Crippen LogP contribution in [0.3, 0.4) is 0 Å². The van der Waals surface area contributed by atoms with E-state index < -0.39 is 0 Å². The first-order valence-electron chi connectivity index (χ1n) is 8.10. The van der Waals surface area contributed by atoms with Crippen molar-refractivity contribution in [2.45, 2.75) is 25.7 Å². The summed E-state index contributed by atoms with van der Waals surface area (Å²) in [5.74, 6) is 2.30. The lowest BCUT2D eigenvalue weighted by molar-refractivity contribution is 0.275. The fourth-order valence-corrected chi connectivity index (χ4v) is 3.76. The van der Waals surface area contributed by atoms with E-state index in [1.165, 1.54) is 5.57 Å². The van der Waals surface area contributed by atoms with Gasteiger partial charge in [0.25, 0.3) is 0 Å². The molecule has 116 valence electrons. The molecule has 2 aromatic carbocycles. The molecule has 0 spiro atoms. The van der Waals surface area contributed by atoms with Crippen LogP contribution in [0.5, 0.6) is 11.5 Å². The molecule has 1 aliphatic carbocycles. The van der Waals surface area contributed by atoms with Crippen molar-refractivity contribution in [3.63, 3.8) is 0 Å². The van der Waals surface area contributed by atoms with Crippen molar-refractivity contribution < 1.29 is 9.84 Å². The Labute approximate surface area is 136 Å². The predicted octanol–water partition coefficient (Wildman–Crippen LogP) is 5.41. The monoisotopic (exact) mass is 304 g/mol. The summed E-state index contributed by atoms with van der Waals surface area (Å²) in [6.45, 7) is 6.28. The number of ether oxygens (including phenoxy) is 1. The Balaban J connectivity index is 1.86. The van der Waals surface area contributed by atoms with Crippen LogP contribution in [-0.4, -0.2) is 5.11 Å². The Morgan fingerprint density at radius 2 is 1.91 bits per heavy atom. The molecule has 1 N–H and O–H groups in total. The summed E-state index contributed by atoms with van der Waals surface area (Å²) in [4.78, 5) is 0. The van der Waals surface area contributed by atoms with E-state index >= 15 is 0 Å². The van der Waals surface area contributed by atoms with Gasteiger partial charge in [0.1, 0.15) is 17.3 Å². The maximum absolute atomic E-state index is 10.7. The number of rotatable bonds is 1. The molecule has 0 aromatic heterocycles. The quantitative estimate of drug-likeness (QED) is 0.714. The second-order valence-electron chi connectivity index (χ2n) is 6.53. The van der Waals surface area contributed by atoms with E-state index in [9.17, 15) is 5.11 Å². The molecular formula is C21H20O2. The van der Waals surface area contributed by atoms with Gasteiger partial charge in [0.05, 0.1) is 0 Å². The van der Waals surface area contributed by atoms with Gasteiger partial charge in [-0.25, -0.2) is 0 Å². The largest absolute Gasteiger partial charge is 0.507 e. The second kappa shape index (κ2) is 5.31. The molecule has 2 heteroatoms. The third kappa shape index (κ3) is 2.35. The number of aromatic hydroxyl groups is 1. The minimum absolute atomic E-state index is 0.171. The lowest BCUT2D eigenvalue weighted by atomic mass is 9.74. The zero-order valence-electron chi connectivity index (χ0n) is 13.3. The summed E-state index contributed by atoms with van der Waals surface area (Å²) >= 11 is 0. The zero-order chi connectivity index (χ0) is 16.0. The van der Waals surface area contributed by atoms with Crippen molar-refractivity contribution in [3.05, 3.63) is 72.0 Å². The molecule has 0 saturated heterocycles. The van der Waals surface area contributed by atoms with E-state index in [1.54, 1.807) is 0 Å².